The van der Waals surface area contributed by atoms with Gasteiger partial charge in [-0.1, -0.05) is 42.5 Å². The van der Waals surface area contributed by atoms with Gasteiger partial charge < -0.3 is 10.6 Å². The smallest absolute Gasteiger partial charge is 0.357 e. The molecule has 0 fully saturated rings. The van der Waals surface area contributed by atoms with Crippen molar-refractivity contribution in [1.29, 1.82) is 0 Å². The van der Waals surface area contributed by atoms with E-state index in [1.807, 2.05) is 37.3 Å². The van der Waals surface area contributed by atoms with Crippen LogP contribution in [0.1, 0.15) is 23.6 Å². The molecular formula is C20H24F3N3OS. The fourth-order valence-electron chi connectivity index (χ4n) is 2.43. The summed E-state index contributed by atoms with van der Waals surface area (Å²) in [6.07, 6.45) is -4.34. The number of guanidine groups is 1. The molecule has 0 amide bonds. The number of hydrogen-bond donors (Lipinski definition) is 2. The SMILES string of the molecule is CCNC(=NCc1ccc(C(F)(F)F)cc1)NCCS(=O)Cc1ccccc1. The summed E-state index contributed by atoms with van der Waals surface area (Å²) in [5, 5.41) is 6.18. The number of hydrogen-bond acceptors (Lipinski definition) is 2. The lowest BCUT2D eigenvalue weighted by Crippen LogP contribution is -2.39. The lowest BCUT2D eigenvalue weighted by molar-refractivity contribution is -0.137. The Hall–Kier alpha value is -2.35. The molecule has 0 saturated carbocycles. The summed E-state index contributed by atoms with van der Waals surface area (Å²) in [5.74, 6) is 1.51. The average Bonchev–Trinajstić information content (AvgIpc) is 2.66. The minimum Gasteiger partial charge on any atom is -0.357 e. The Morgan fingerprint density at radius 3 is 2.29 bits per heavy atom. The summed E-state index contributed by atoms with van der Waals surface area (Å²) in [4.78, 5) is 4.37. The first kappa shape index (κ1) is 21.9. The number of nitrogens with one attached hydrogen (secondary N) is 2. The number of halogens is 3. The zero-order valence-electron chi connectivity index (χ0n) is 15.6. The van der Waals surface area contributed by atoms with Crippen LogP contribution >= 0.6 is 0 Å². The Morgan fingerprint density at radius 1 is 1.00 bits per heavy atom. The van der Waals surface area contributed by atoms with Crippen LogP contribution in [0.5, 0.6) is 0 Å². The first-order valence-corrected chi connectivity index (χ1v) is 10.4. The van der Waals surface area contributed by atoms with Gasteiger partial charge in [-0.3, -0.25) is 4.21 Å². The van der Waals surface area contributed by atoms with E-state index in [-0.39, 0.29) is 6.54 Å². The molecule has 2 rings (SSSR count). The molecule has 2 aromatic rings. The summed E-state index contributed by atoms with van der Waals surface area (Å²) in [6, 6.07) is 14.6. The molecule has 4 nitrogen and oxygen atoms in total. The molecule has 152 valence electrons. The fraction of sp³-hybridized carbons (Fsp3) is 0.350. The van der Waals surface area contributed by atoms with Crippen LogP contribution in [-0.4, -0.2) is 29.0 Å². The largest absolute Gasteiger partial charge is 0.416 e. The standard InChI is InChI=1S/C20H24F3N3OS/c1-2-24-19(25-12-13-28(27)15-17-6-4-3-5-7-17)26-14-16-8-10-18(11-9-16)20(21,22)23/h3-11H,2,12-15H2,1H3,(H2,24,25,26). The van der Waals surface area contributed by atoms with Gasteiger partial charge in [0.2, 0.25) is 0 Å². The zero-order chi connectivity index (χ0) is 20.4. The number of benzene rings is 2. The molecular weight excluding hydrogens is 387 g/mol. The first-order chi connectivity index (χ1) is 13.4. The van der Waals surface area contributed by atoms with Crippen molar-refractivity contribution >= 4 is 16.8 Å². The molecule has 0 aliphatic rings. The molecule has 0 radical (unpaired) electrons. The number of nitrogens with zero attached hydrogens (tertiary/aromatic N) is 1. The molecule has 0 bridgehead atoms. The Morgan fingerprint density at radius 2 is 1.68 bits per heavy atom. The van der Waals surface area contributed by atoms with Crippen molar-refractivity contribution in [3.05, 3.63) is 71.3 Å². The van der Waals surface area contributed by atoms with Gasteiger partial charge in [-0.15, -0.1) is 0 Å². The van der Waals surface area contributed by atoms with Crippen molar-refractivity contribution in [3.63, 3.8) is 0 Å². The van der Waals surface area contributed by atoms with Crippen LogP contribution < -0.4 is 10.6 Å². The summed E-state index contributed by atoms with van der Waals surface area (Å²) >= 11 is 0. The normalized spacial score (nSPS) is 13.2. The lowest BCUT2D eigenvalue weighted by Gasteiger charge is -2.11. The molecule has 0 aliphatic heterocycles. The van der Waals surface area contributed by atoms with Crippen LogP contribution in [0, 0.1) is 0 Å². The van der Waals surface area contributed by atoms with E-state index in [2.05, 4.69) is 15.6 Å². The van der Waals surface area contributed by atoms with E-state index >= 15 is 0 Å². The van der Waals surface area contributed by atoms with Gasteiger partial charge in [-0.05, 0) is 30.2 Å². The predicted octanol–water partition coefficient (Wildman–Crippen LogP) is 3.71. The van der Waals surface area contributed by atoms with Crippen LogP contribution in [0.2, 0.25) is 0 Å². The van der Waals surface area contributed by atoms with E-state index in [9.17, 15) is 17.4 Å². The van der Waals surface area contributed by atoms with Crippen LogP contribution in [0.4, 0.5) is 13.2 Å². The molecule has 2 N–H and O–H groups in total. The third kappa shape index (κ3) is 7.72. The highest BCUT2D eigenvalue weighted by molar-refractivity contribution is 7.84. The van der Waals surface area contributed by atoms with Gasteiger partial charge in [0.15, 0.2) is 5.96 Å². The molecule has 0 aromatic heterocycles. The summed E-state index contributed by atoms with van der Waals surface area (Å²) in [5.41, 5.74) is 1.03. The summed E-state index contributed by atoms with van der Waals surface area (Å²) in [6.45, 7) is 3.30. The quantitative estimate of drug-likeness (QED) is 0.514. The summed E-state index contributed by atoms with van der Waals surface area (Å²) < 4.78 is 50.0. The molecule has 28 heavy (non-hydrogen) atoms. The van der Waals surface area contributed by atoms with E-state index in [0.717, 1.165) is 17.7 Å². The van der Waals surface area contributed by atoms with Crippen molar-refractivity contribution in [2.45, 2.75) is 25.4 Å². The van der Waals surface area contributed by atoms with Crippen LogP contribution in [0.15, 0.2) is 59.6 Å². The van der Waals surface area contributed by atoms with E-state index in [0.29, 0.717) is 36.1 Å². The fourth-order valence-corrected chi connectivity index (χ4v) is 3.47. The van der Waals surface area contributed by atoms with Crippen molar-refractivity contribution < 1.29 is 17.4 Å². The van der Waals surface area contributed by atoms with Gasteiger partial charge in [-0.2, -0.15) is 13.2 Å². The first-order valence-electron chi connectivity index (χ1n) is 8.95. The van der Waals surface area contributed by atoms with Gasteiger partial charge in [0.05, 0.1) is 12.1 Å². The van der Waals surface area contributed by atoms with Crippen molar-refractivity contribution in [3.8, 4) is 0 Å². The average molecular weight is 411 g/mol. The van der Waals surface area contributed by atoms with Crippen LogP contribution in [-0.2, 0) is 29.3 Å². The van der Waals surface area contributed by atoms with E-state index in [1.54, 1.807) is 0 Å². The zero-order valence-corrected chi connectivity index (χ0v) is 16.4. The second-order valence-electron chi connectivity index (χ2n) is 6.09. The highest BCUT2D eigenvalue weighted by Gasteiger charge is 2.29. The van der Waals surface area contributed by atoms with Crippen molar-refractivity contribution in [2.75, 3.05) is 18.8 Å². The van der Waals surface area contributed by atoms with E-state index in [4.69, 9.17) is 0 Å². The van der Waals surface area contributed by atoms with Gasteiger partial charge >= 0.3 is 6.18 Å². The van der Waals surface area contributed by atoms with Crippen LogP contribution in [0.3, 0.4) is 0 Å². The van der Waals surface area contributed by atoms with E-state index in [1.165, 1.54) is 12.1 Å². The molecule has 8 heteroatoms. The molecule has 1 atom stereocenters. The Bertz CT molecular complexity index is 778. The Labute approximate surface area is 165 Å². The highest BCUT2D eigenvalue weighted by atomic mass is 32.2. The number of rotatable bonds is 8. The maximum Gasteiger partial charge on any atom is 0.416 e. The van der Waals surface area contributed by atoms with Gasteiger partial charge in [0.25, 0.3) is 0 Å². The van der Waals surface area contributed by atoms with Gasteiger partial charge in [0.1, 0.15) is 0 Å². The maximum absolute atomic E-state index is 12.6. The van der Waals surface area contributed by atoms with Gasteiger partial charge in [0, 0.05) is 35.4 Å². The minimum absolute atomic E-state index is 0.251. The maximum atomic E-state index is 12.6. The van der Waals surface area contributed by atoms with Crippen molar-refractivity contribution in [2.24, 2.45) is 4.99 Å². The van der Waals surface area contributed by atoms with Crippen molar-refractivity contribution in [1.82, 2.24) is 10.6 Å². The second kappa shape index (κ2) is 10.8. The Balaban J connectivity index is 1.84. The van der Waals surface area contributed by atoms with Gasteiger partial charge in [-0.25, -0.2) is 4.99 Å². The lowest BCUT2D eigenvalue weighted by atomic mass is 10.1. The topological polar surface area (TPSA) is 53.5 Å². The molecule has 0 aliphatic carbocycles. The number of aliphatic imine (C=N–C) groups is 1. The molecule has 0 saturated heterocycles. The molecule has 1 unspecified atom stereocenters. The second-order valence-corrected chi connectivity index (χ2v) is 7.67. The number of alkyl halides is 3. The monoisotopic (exact) mass is 411 g/mol. The third-order valence-electron chi connectivity index (χ3n) is 3.84. The molecule has 2 aromatic carbocycles. The summed E-state index contributed by atoms with van der Waals surface area (Å²) in [7, 11) is -0.994. The Kier molecular flexibility index (Phi) is 8.50. The molecule has 0 heterocycles. The third-order valence-corrected chi connectivity index (χ3v) is 5.15. The van der Waals surface area contributed by atoms with Crippen LogP contribution in [0.25, 0.3) is 0 Å². The minimum atomic E-state index is -4.34. The molecule has 0 spiro atoms. The predicted molar refractivity (Wildman–Crippen MR) is 107 cm³/mol. The van der Waals surface area contributed by atoms with E-state index < -0.39 is 22.5 Å². The highest BCUT2D eigenvalue weighted by Crippen LogP contribution is 2.29.